The first-order valence-electron chi connectivity index (χ1n) is 19.8. The van der Waals surface area contributed by atoms with Crippen LogP contribution in [-0.4, -0.2) is 82.8 Å². The lowest BCUT2D eigenvalue weighted by molar-refractivity contribution is -0.142. The lowest BCUT2D eigenvalue weighted by Gasteiger charge is -2.52. The molecule has 0 aliphatic carbocycles. The molecule has 1 spiro atoms. The Balaban J connectivity index is 1.02. The topological polar surface area (TPSA) is 126 Å². The maximum absolute atomic E-state index is 13.6. The third-order valence-corrected chi connectivity index (χ3v) is 12.2. The van der Waals surface area contributed by atoms with Crippen LogP contribution in [0.25, 0.3) is 56.2 Å². The number of ether oxygens (including phenoxy) is 2. The molecule has 0 saturated carbocycles. The van der Waals surface area contributed by atoms with E-state index in [-0.39, 0.29) is 34.9 Å². The predicted octanol–water partition coefficient (Wildman–Crippen LogP) is 9.02. The van der Waals surface area contributed by atoms with E-state index in [1.54, 1.807) is 17.0 Å². The van der Waals surface area contributed by atoms with Gasteiger partial charge in [-0.2, -0.15) is 17.6 Å². The fourth-order valence-electron chi connectivity index (χ4n) is 9.25. The van der Waals surface area contributed by atoms with Crippen LogP contribution >= 0.6 is 0 Å². The van der Waals surface area contributed by atoms with Gasteiger partial charge in [0, 0.05) is 60.6 Å². The molecule has 59 heavy (non-hydrogen) atoms. The zero-order valence-corrected chi connectivity index (χ0v) is 32.6. The Bertz CT molecular complexity index is 2540. The molecule has 308 valence electrons. The highest BCUT2D eigenvalue weighted by Crippen LogP contribution is 2.42. The van der Waals surface area contributed by atoms with Crippen LogP contribution in [0.5, 0.6) is 11.5 Å². The van der Waals surface area contributed by atoms with Crippen molar-refractivity contribution in [2.45, 2.75) is 71.9 Å². The molecular weight excluding hydrogens is 771 g/mol. The molecule has 2 N–H and O–H groups in total. The number of nitrogens with one attached hydrogen (secondary N) is 1. The van der Waals surface area contributed by atoms with Crippen LogP contribution in [0.4, 0.5) is 17.6 Å². The van der Waals surface area contributed by atoms with E-state index >= 15 is 0 Å². The molecular formula is C44H43F4N5O6. The number of halogens is 4. The molecule has 0 amide bonds. The number of carboxylic acid groups (broad SMARTS) is 1. The van der Waals surface area contributed by atoms with Crippen molar-refractivity contribution in [2.75, 3.05) is 32.7 Å². The number of rotatable bonds is 12. The standard InChI is InChI=1S/C44H43F4N5O6/c1-24-28(6-3-8-30(24)39-50-32-16-26(35(58-42(45)46)18-37(32)56-39)20-52-22-44(23-52)11-13-49-14-12-44)29-7-4-9-31(25(29)2)40-51-33-17-27(21-53-15-5-10-34(53)41(54)55)36(59-43(47)48)19-38(33)57-40/h3-4,6-9,16-19,34,42-43,49H,5,10-15,20-23H2,1-2H3,(H,54,55)/t34-/m0/s1. The molecule has 15 heteroatoms. The zero-order valence-electron chi connectivity index (χ0n) is 32.6. The number of piperidine rings is 1. The summed E-state index contributed by atoms with van der Waals surface area (Å²) >= 11 is 0. The van der Waals surface area contributed by atoms with Gasteiger partial charge in [0.2, 0.25) is 11.8 Å². The molecule has 0 unspecified atom stereocenters. The summed E-state index contributed by atoms with van der Waals surface area (Å²) in [5, 5.41) is 13.1. The summed E-state index contributed by atoms with van der Waals surface area (Å²) in [4.78, 5) is 25.4. The van der Waals surface area contributed by atoms with Gasteiger partial charge in [-0.05, 0) is 111 Å². The number of nitrogens with zero attached hydrogens (tertiary/aromatic N) is 4. The van der Waals surface area contributed by atoms with Gasteiger partial charge in [-0.1, -0.05) is 24.3 Å². The molecule has 0 bridgehead atoms. The molecule has 0 radical (unpaired) electrons. The van der Waals surface area contributed by atoms with Crippen molar-refractivity contribution >= 4 is 28.2 Å². The molecule has 3 fully saturated rings. The second kappa shape index (κ2) is 15.6. The van der Waals surface area contributed by atoms with Gasteiger partial charge >= 0.3 is 19.2 Å². The second-order valence-corrected chi connectivity index (χ2v) is 16.0. The number of aliphatic carboxylic acids is 1. The first-order valence-corrected chi connectivity index (χ1v) is 19.8. The minimum Gasteiger partial charge on any atom is -0.480 e. The van der Waals surface area contributed by atoms with Crippen molar-refractivity contribution < 1.29 is 45.8 Å². The van der Waals surface area contributed by atoms with Crippen LogP contribution < -0.4 is 14.8 Å². The Morgan fingerprint density at radius 3 is 1.83 bits per heavy atom. The van der Waals surface area contributed by atoms with Gasteiger partial charge < -0.3 is 28.7 Å². The molecule has 3 saturated heterocycles. The predicted molar refractivity (Wildman–Crippen MR) is 212 cm³/mol. The maximum Gasteiger partial charge on any atom is 0.387 e. The van der Waals surface area contributed by atoms with Crippen molar-refractivity contribution in [3.05, 3.63) is 82.9 Å². The van der Waals surface area contributed by atoms with E-state index in [2.05, 4.69) is 10.2 Å². The maximum atomic E-state index is 13.6. The number of benzene rings is 4. The SMILES string of the molecule is Cc1c(-c2nc3cc(CN4CC5(CCNCC5)C4)c(OC(F)F)cc3o2)cccc1-c1cccc(-c2nc3cc(CN4CCC[C@H]4C(=O)O)c(OC(F)F)cc3o2)c1C. The van der Waals surface area contributed by atoms with Crippen molar-refractivity contribution in [2.24, 2.45) is 5.41 Å². The Morgan fingerprint density at radius 1 is 0.814 bits per heavy atom. The third-order valence-electron chi connectivity index (χ3n) is 12.2. The first-order chi connectivity index (χ1) is 28.4. The number of oxazole rings is 2. The molecule has 11 nitrogen and oxygen atoms in total. The Kier molecular flexibility index (Phi) is 10.3. The number of likely N-dealkylation sites (tertiary alicyclic amines) is 2. The van der Waals surface area contributed by atoms with Crippen LogP contribution in [0.1, 0.15) is 47.9 Å². The van der Waals surface area contributed by atoms with Gasteiger partial charge in [-0.3, -0.25) is 14.6 Å². The highest BCUT2D eigenvalue weighted by atomic mass is 19.3. The number of hydrogen-bond acceptors (Lipinski definition) is 10. The monoisotopic (exact) mass is 813 g/mol. The Hall–Kier alpha value is -5.51. The van der Waals surface area contributed by atoms with E-state index in [9.17, 15) is 27.5 Å². The fourth-order valence-corrected chi connectivity index (χ4v) is 9.25. The minimum absolute atomic E-state index is 0.0750. The van der Waals surface area contributed by atoms with Gasteiger partial charge in [-0.25, -0.2) is 9.97 Å². The van der Waals surface area contributed by atoms with Crippen molar-refractivity contribution in [3.8, 4) is 45.5 Å². The highest BCUT2D eigenvalue weighted by molar-refractivity contribution is 5.85. The minimum atomic E-state index is -3.09. The number of fused-ring (bicyclic) bond motifs is 2. The summed E-state index contributed by atoms with van der Waals surface area (Å²) in [6, 6.07) is 17.1. The third kappa shape index (κ3) is 7.62. The van der Waals surface area contributed by atoms with Gasteiger partial charge in [-0.15, -0.1) is 0 Å². The van der Waals surface area contributed by atoms with Crippen LogP contribution in [-0.2, 0) is 17.9 Å². The van der Waals surface area contributed by atoms with Gasteiger partial charge in [0.25, 0.3) is 0 Å². The number of aromatic nitrogens is 2. The average molecular weight is 814 g/mol. The lowest BCUT2D eigenvalue weighted by atomic mass is 9.72. The molecule has 5 heterocycles. The van der Waals surface area contributed by atoms with Crippen LogP contribution in [0.15, 0.2) is 69.5 Å². The quantitative estimate of drug-likeness (QED) is 0.115. The largest absolute Gasteiger partial charge is 0.480 e. The summed E-state index contributed by atoms with van der Waals surface area (Å²) in [6.07, 6.45) is 3.37. The molecule has 9 rings (SSSR count). The first kappa shape index (κ1) is 39.0. The summed E-state index contributed by atoms with van der Waals surface area (Å²) < 4.78 is 76.5. The number of hydrogen-bond donors (Lipinski definition) is 2. The molecule has 6 aromatic rings. The van der Waals surface area contributed by atoms with Gasteiger partial charge in [0.1, 0.15) is 28.6 Å². The zero-order chi connectivity index (χ0) is 41.0. The van der Waals surface area contributed by atoms with E-state index in [0.29, 0.717) is 65.1 Å². The average Bonchev–Trinajstić information content (AvgIpc) is 3.93. The summed E-state index contributed by atoms with van der Waals surface area (Å²) in [5.41, 5.74) is 7.74. The van der Waals surface area contributed by atoms with E-state index in [1.165, 1.54) is 12.1 Å². The van der Waals surface area contributed by atoms with E-state index in [4.69, 9.17) is 28.3 Å². The Labute approximate surface area is 336 Å². The number of carboxylic acids is 1. The Morgan fingerprint density at radius 2 is 1.32 bits per heavy atom. The summed E-state index contributed by atoms with van der Waals surface area (Å²) in [5.74, 6) is -0.364. The lowest BCUT2D eigenvalue weighted by Crippen LogP contribution is -2.59. The molecule has 3 aliphatic heterocycles. The highest BCUT2D eigenvalue weighted by Gasteiger charge is 2.43. The molecule has 1 atom stereocenters. The number of carbonyl (C=O) groups is 1. The number of alkyl halides is 4. The van der Waals surface area contributed by atoms with Crippen molar-refractivity contribution in [3.63, 3.8) is 0 Å². The van der Waals surface area contributed by atoms with Crippen LogP contribution in [0.3, 0.4) is 0 Å². The molecule has 3 aliphatic rings. The van der Waals surface area contributed by atoms with Crippen molar-refractivity contribution in [1.29, 1.82) is 0 Å². The molecule has 2 aromatic heterocycles. The summed E-state index contributed by atoms with van der Waals surface area (Å²) in [7, 11) is 0. The van der Waals surface area contributed by atoms with Crippen LogP contribution in [0, 0.1) is 19.3 Å². The van der Waals surface area contributed by atoms with E-state index in [0.717, 1.165) is 66.8 Å². The smallest absolute Gasteiger partial charge is 0.387 e. The second-order valence-electron chi connectivity index (χ2n) is 16.0. The van der Waals surface area contributed by atoms with E-state index < -0.39 is 25.2 Å². The fraction of sp³-hybridized carbons (Fsp3) is 0.386. The van der Waals surface area contributed by atoms with Gasteiger partial charge in [0.05, 0.1) is 0 Å². The normalized spacial score (nSPS) is 18.4. The van der Waals surface area contributed by atoms with Crippen LogP contribution in [0.2, 0.25) is 0 Å². The van der Waals surface area contributed by atoms with Gasteiger partial charge in [0.15, 0.2) is 11.2 Å². The van der Waals surface area contributed by atoms with E-state index in [1.807, 2.05) is 50.2 Å². The van der Waals surface area contributed by atoms with Crippen molar-refractivity contribution in [1.82, 2.24) is 25.1 Å². The molecule has 4 aromatic carbocycles. The summed E-state index contributed by atoms with van der Waals surface area (Å²) in [6.45, 7) is 2.73.